The summed E-state index contributed by atoms with van der Waals surface area (Å²) in [5.74, 6) is 0. The van der Waals surface area contributed by atoms with E-state index in [2.05, 4.69) is 18.9 Å². The fraction of sp³-hybridized carbons (Fsp3) is 1.00. The molecule has 0 aromatic rings. The van der Waals surface area contributed by atoms with E-state index in [9.17, 15) is 0 Å². The monoisotopic (exact) mass is 171 g/mol. The van der Waals surface area contributed by atoms with E-state index in [4.69, 9.17) is 9.47 Å². The van der Waals surface area contributed by atoms with Gasteiger partial charge in [-0.25, -0.2) is 0 Å². The van der Waals surface area contributed by atoms with Gasteiger partial charge < -0.3 is 14.4 Å². The molecule has 3 heteroatoms. The third-order valence-electron chi connectivity index (χ3n) is 3.05. The van der Waals surface area contributed by atoms with Crippen LogP contribution in [-0.4, -0.2) is 44.5 Å². The van der Waals surface area contributed by atoms with Crippen LogP contribution in [-0.2, 0) is 9.47 Å². The maximum Gasteiger partial charge on any atom is 0.146 e. The van der Waals surface area contributed by atoms with Gasteiger partial charge in [0.2, 0.25) is 0 Å². The summed E-state index contributed by atoms with van der Waals surface area (Å²) >= 11 is 0. The minimum absolute atomic E-state index is 0.298. The molecule has 1 spiro atoms. The Balaban J connectivity index is 2.02. The second-order valence-electron chi connectivity index (χ2n) is 4.28. The molecule has 0 radical (unpaired) electrons. The molecule has 2 saturated heterocycles. The highest BCUT2D eigenvalue weighted by Crippen LogP contribution is 2.36. The van der Waals surface area contributed by atoms with E-state index in [1.165, 1.54) is 6.42 Å². The van der Waals surface area contributed by atoms with Crippen molar-refractivity contribution in [1.29, 1.82) is 0 Å². The first-order valence-corrected chi connectivity index (χ1v) is 4.58. The van der Waals surface area contributed by atoms with Crippen molar-refractivity contribution in [3.63, 3.8) is 0 Å². The average molecular weight is 171 g/mol. The first kappa shape index (κ1) is 8.48. The molecule has 1 atom stereocenters. The maximum absolute atomic E-state index is 5.36. The third-order valence-corrected chi connectivity index (χ3v) is 3.05. The van der Waals surface area contributed by atoms with Crippen molar-refractivity contribution in [3.05, 3.63) is 0 Å². The number of rotatable bonds is 0. The fourth-order valence-corrected chi connectivity index (χ4v) is 2.36. The lowest BCUT2D eigenvalue weighted by Crippen LogP contribution is -2.39. The molecule has 12 heavy (non-hydrogen) atoms. The molecular formula is C9H17NO2. The van der Waals surface area contributed by atoms with Gasteiger partial charge in [-0.05, 0) is 20.4 Å². The first-order valence-electron chi connectivity index (χ1n) is 4.58. The molecule has 2 rings (SSSR count). The number of hydrogen-bond donors (Lipinski definition) is 0. The zero-order valence-corrected chi connectivity index (χ0v) is 7.88. The van der Waals surface area contributed by atoms with Crippen LogP contribution in [0.25, 0.3) is 0 Å². The average Bonchev–Trinajstić information content (AvgIpc) is 2.29. The zero-order chi connectivity index (χ0) is 8.60. The molecule has 1 unspecified atom stereocenters. The van der Waals surface area contributed by atoms with Crippen LogP contribution in [0, 0.1) is 5.41 Å². The number of ether oxygens (including phenoxy) is 2. The highest BCUT2D eigenvalue weighted by atomic mass is 16.7. The topological polar surface area (TPSA) is 21.7 Å². The summed E-state index contributed by atoms with van der Waals surface area (Å²) in [5, 5.41) is 0. The van der Waals surface area contributed by atoms with Gasteiger partial charge in [-0.15, -0.1) is 0 Å². The van der Waals surface area contributed by atoms with Crippen LogP contribution >= 0.6 is 0 Å². The summed E-state index contributed by atoms with van der Waals surface area (Å²) in [7, 11) is 2.17. The molecule has 2 aliphatic rings. The van der Waals surface area contributed by atoms with E-state index in [0.717, 1.165) is 19.8 Å². The summed E-state index contributed by atoms with van der Waals surface area (Å²) in [6.07, 6.45) is 1.21. The standard InChI is InChI=1S/C9H17NO2/c1-8-3-9(4-10(8)2)5-11-7-12-6-9/h8H,3-7H2,1-2H3. The smallest absolute Gasteiger partial charge is 0.146 e. The van der Waals surface area contributed by atoms with Gasteiger partial charge in [0.15, 0.2) is 0 Å². The second-order valence-corrected chi connectivity index (χ2v) is 4.28. The molecule has 0 N–H and O–H groups in total. The minimum Gasteiger partial charge on any atom is -0.355 e. The Labute approximate surface area is 73.6 Å². The van der Waals surface area contributed by atoms with Gasteiger partial charge in [-0.3, -0.25) is 0 Å². The summed E-state index contributed by atoms with van der Waals surface area (Å²) in [6.45, 7) is 5.63. The van der Waals surface area contributed by atoms with Crippen LogP contribution in [0.1, 0.15) is 13.3 Å². The SMILES string of the molecule is CC1CC2(COCOC2)CN1C. The quantitative estimate of drug-likeness (QED) is 0.535. The van der Waals surface area contributed by atoms with Gasteiger partial charge in [0.1, 0.15) is 6.79 Å². The van der Waals surface area contributed by atoms with Crippen LogP contribution < -0.4 is 0 Å². The van der Waals surface area contributed by atoms with Gasteiger partial charge in [0.25, 0.3) is 0 Å². The molecule has 0 aromatic heterocycles. The predicted octanol–water partition coefficient (Wildman–Crippen LogP) is 0.701. The lowest BCUT2D eigenvalue weighted by atomic mass is 9.87. The molecule has 70 valence electrons. The molecule has 0 aromatic carbocycles. The lowest BCUT2D eigenvalue weighted by Gasteiger charge is -2.32. The molecular weight excluding hydrogens is 154 g/mol. The minimum atomic E-state index is 0.298. The van der Waals surface area contributed by atoms with Gasteiger partial charge in [-0.2, -0.15) is 0 Å². The van der Waals surface area contributed by atoms with E-state index in [-0.39, 0.29) is 0 Å². The van der Waals surface area contributed by atoms with E-state index >= 15 is 0 Å². The van der Waals surface area contributed by atoms with Crippen molar-refractivity contribution in [2.45, 2.75) is 19.4 Å². The van der Waals surface area contributed by atoms with Gasteiger partial charge in [-0.1, -0.05) is 0 Å². The zero-order valence-electron chi connectivity index (χ0n) is 7.88. The Morgan fingerprint density at radius 2 is 2.00 bits per heavy atom. The Kier molecular flexibility index (Phi) is 2.10. The van der Waals surface area contributed by atoms with Crippen LogP contribution in [0.5, 0.6) is 0 Å². The Morgan fingerprint density at radius 3 is 2.50 bits per heavy atom. The van der Waals surface area contributed by atoms with E-state index < -0.39 is 0 Å². The summed E-state index contributed by atoms with van der Waals surface area (Å²) in [6, 6.07) is 0.676. The summed E-state index contributed by atoms with van der Waals surface area (Å²) < 4.78 is 10.7. The van der Waals surface area contributed by atoms with E-state index in [1.54, 1.807) is 0 Å². The molecule has 3 nitrogen and oxygen atoms in total. The molecule has 0 saturated carbocycles. The molecule has 2 fully saturated rings. The van der Waals surface area contributed by atoms with Crippen molar-refractivity contribution < 1.29 is 9.47 Å². The fourth-order valence-electron chi connectivity index (χ4n) is 2.36. The van der Waals surface area contributed by atoms with E-state index in [1.807, 2.05) is 0 Å². The summed E-state index contributed by atoms with van der Waals surface area (Å²) in [4.78, 5) is 2.39. The third kappa shape index (κ3) is 1.37. The molecule has 2 aliphatic heterocycles. The molecule has 2 heterocycles. The highest BCUT2D eigenvalue weighted by molar-refractivity contribution is 4.93. The van der Waals surface area contributed by atoms with Crippen molar-refractivity contribution in [1.82, 2.24) is 4.90 Å². The van der Waals surface area contributed by atoms with Crippen molar-refractivity contribution in [2.24, 2.45) is 5.41 Å². The Hall–Kier alpha value is -0.120. The van der Waals surface area contributed by atoms with E-state index in [0.29, 0.717) is 18.2 Å². The number of hydrogen-bond acceptors (Lipinski definition) is 3. The number of nitrogens with zero attached hydrogens (tertiary/aromatic N) is 1. The molecule has 0 amide bonds. The van der Waals surface area contributed by atoms with Crippen molar-refractivity contribution >= 4 is 0 Å². The lowest BCUT2D eigenvalue weighted by molar-refractivity contribution is -0.160. The maximum atomic E-state index is 5.36. The largest absolute Gasteiger partial charge is 0.355 e. The predicted molar refractivity (Wildman–Crippen MR) is 45.9 cm³/mol. The van der Waals surface area contributed by atoms with Gasteiger partial charge in [0, 0.05) is 18.0 Å². The Bertz CT molecular complexity index is 154. The van der Waals surface area contributed by atoms with Crippen molar-refractivity contribution in [2.75, 3.05) is 33.6 Å². The summed E-state index contributed by atoms with van der Waals surface area (Å²) in [5.41, 5.74) is 0.298. The molecule has 0 aliphatic carbocycles. The Morgan fingerprint density at radius 1 is 1.33 bits per heavy atom. The number of likely N-dealkylation sites (tertiary alicyclic amines) is 1. The van der Waals surface area contributed by atoms with Crippen LogP contribution in [0.4, 0.5) is 0 Å². The normalized spacial score (nSPS) is 36.0. The van der Waals surface area contributed by atoms with Crippen LogP contribution in [0.15, 0.2) is 0 Å². The van der Waals surface area contributed by atoms with Crippen LogP contribution in [0.3, 0.4) is 0 Å². The highest BCUT2D eigenvalue weighted by Gasteiger charge is 2.42. The van der Waals surface area contributed by atoms with Crippen molar-refractivity contribution in [3.8, 4) is 0 Å². The molecule has 0 bridgehead atoms. The van der Waals surface area contributed by atoms with Crippen LogP contribution in [0.2, 0.25) is 0 Å². The first-order chi connectivity index (χ1) is 5.72. The second kappa shape index (κ2) is 2.98. The van der Waals surface area contributed by atoms with Gasteiger partial charge >= 0.3 is 0 Å². The van der Waals surface area contributed by atoms with Gasteiger partial charge in [0.05, 0.1) is 13.2 Å².